The van der Waals surface area contributed by atoms with Gasteiger partial charge in [0.1, 0.15) is 0 Å². The first-order chi connectivity index (χ1) is 9.02. The zero-order valence-corrected chi connectivity index (χ0v) is 13.9. The molecule has 0 amide bonds. The molecule has 19 heavy (non-hydrogen) atoms. The third-order valence-electron chi connectivity index (χ3n) is 2.80. The predicted octanol–water partition coefficient (Wildman–Crippen LogP) is 4.43. The van der Waals surface area contributed by atoms with Crippen LogP contribution in [-0.2, 0) is 13.1 Å². The van der Waals surface area contributed by atoms with Gasteiger partial charge in [-0.25, -0.2) is 0 Å². The van der Waals surface area contributed by atoms with E-state index in [2.05, 4.69) is 74.1 Å². The molecule has 2 N–H and O–H groups in total. The minimum absolute atomic E-state index is 0.793. The standard InChI is InChI=1S/C15H16Br2N2/c1-19(9-11-2-4-13(16)5-3-11)10-12-6-14(17)8-15(18)7-12/h2-8H,9-10,18H2,1H3. The zero-order chi connectivity index (χ0) is 13.8. The molecule has 0 radical (unpaired) electrons. The highest BCUT2D eigenvalue weighted by molar-refractivity contribution is 9.10. The topological polar surface area (TPSA) is 29.3 Å². The Morgan fingerprint density at radius 3 is 2.16 bits per heavy atom. The average molecular weight is 384 g/mol. The fourth-order valence-corrected chi connectivity index (χ4v) is 2.86. The lowest BCUT2D eigenvalue weighted by Gasteiger charge is -2.17. The first-order valence-corrected chi connectivity index (χ1v) is 7.59. The number of nitrogens with zero attached hydrogens (tertiary/aromatic N) is 1. The largest absolute Gasteiger partial charge is 0.399 e. The van der Waals surface area contributed by atoms with Crippen LogP contribution in [0.3, 0.4) is 0 Å². The highest BCUT2D eigenvalue weighted by atomic mass is 79.9. The second-order valence-corrected chi connectivity index (χ2v) is 6.52. The molecule has 0 spiro atoms. The van der Waals surface area contributed by atoms with Crippen molar-refractivity contribution < 1.29 is 0 Å². The molecule has 0 aromatic heterocycles. The number of halogens is 2. The number of hydrogen-bond acceptors (Lipinski definition) is 2. The van der Waals surface area contributed by atoms with Gasteiger partial charge in [0.2, 0.25) is 0 Å². The Labute approximate surface area is 130 Å². The fourth-order valence-electron chi connectivity index (χ4n) is 2.04. The molecule has 0 aliphatic heterocycles. The van der Waals surface area contributed by atoms with Crippen LogP contribution in [0.1, 0.15) is 11.1 Å². The third kappa shape index (κ3) is 4.64. The lowest BCUT2D eigenvalue weighted by molar-refractivity contribution is 0.319. The van der Waals surface area contributed by atoms with E-state index in [9.17, 15) is 0 Å². The molecular weight excluding hydrogens is 368 g/mol. The Morgan fingerprint density at radius 1 is 0.895 bits per heavy atom. The molecular formula is C15H16Br2N2. The maximum absolute atomic E-state index is 5.85. The molecule has 0 aliphatic carbocycles. The van der Waals surface area contributed by atoms with Crippen LogP contribution in [0.25, 0.3) is 0 Å². The molecule has 2 nitrogen and oxygen atoms in total. The lowest BCUT2D eigenvalue weighted by atomic mass is 10.1. The summed E-state index contributed by atoms with van der Waals surface area (Å²) in [6, 6.07) is 14.4. The predicted molar refractivity (Wildman–Crippen MR) is 87.9 cm³/mol. The van der Waals surface area contributed by atoms with E-state index in [-0.39, 0.29) is 0 Å². The molecule has 2 rings (SSSR count). The second kappa shape index (κ2) is 6.55. The van der Waals surface area contributed by atoms with Crippen molar-refractivity contribution >= 4 is 37.5 Å². The van der Waals surface area contributed by atoms with Crippen molar-refractivity contribution in [1.82, 2.24) is 4.90 Å². The molecule has 2 aromatic carbocycles. The van der Waals surface area contributed by atoms with Gasteiger partial charge in [0.25, 0.3) is 0 Å². The molecule has 0 saturated heterocycles. The van der Waals surface area contributed by atoms with E-state index in [1.165, 1.54) is 11.1 Å². The number of anilines is 1. The minimum Gasteiger partial charge on any atom is -0.399 e. The minimum atomic E-state index is 0.793. The van der Waals surface area contributed by atoms with Gasteiger partial charge in [-0.3, -0.25) is 4.90 Å². The van der Waals surface area contributed by atoms with Gasteiger partial charge in [0, 0.05) is 27.7 Å². The van der Waals surface area contributed by atoms with E-state index < -0.39 is 0 Å². The summed E-state index contributed by atoms with van der Waals surface area (Å²) < 4.78 is 2.14. The van der Waals surface area contributed by atoms with Crippen molar-refractivity contribution in [3.8, 4) is 0 Å². The van der Waals surface area contributed by atoms with Crippen LogP contribution in [0.5, 0.6) is 0 Å². The number of nitrogens with two attached hydrogens (primary N) is 1. The van der Waals surface area contributed by atoms with Crippen molar-refractivity contribution in [3.05, 3.63) is 62.5 Å². The quantitative estimate of drug-likeness (QED) is 0.791. The van der Waals surface area contributed by atoms with Gasteiger partial charge in [-0.2, -0.15) is 0 Å². The van der Waals surface area contributed by atoms with E-state index in [4.69, 9.17) is 5.73 Å². The molecule has 100 valence electrons. The molecule has 0 bridgehead atoms. The first kappa shape index (κ1) is 14.6. The van der Waals surface area contributed by atoms with Crippen LogP contribution in [0.2, 0.25) is 0 Å². The Kier molecular flexibility index (Phi) is 5.02. The molecule has 0 heterocycles. The summed E-state index contributed by atoms with van der Waals surface area (Å²) in [4.78, 5) is 2.27. The number of rotatable bonds is 4. The summed E-state index contributed by atoms with van der Waals surface area (Å²) >= 11 is 6.92. The van der Waals surface area contributed by atoms with Crippen molar-refractivity contribution in [2.45, 2.75) is 13.1 Å². The molecule has 0 unspecified atom stereocenters. The zero-order valence-electron chi connectivity index (χ0n) is 10.7. The van der Waals surface area contributed by atoms with Crippen LogP contribution >= 0.6 is 31.9 Å². The first-order valence-electron chi connectivity index (χ1n) is 6.01. The maximum Gasteiger partial charge on any atom is 0.0328 e. The lowest BCUT2D eigenvalue weighted by Crippen LogP contribution is -2.17. The highest BCUT2D eigenvalue weighted by Gasteiger charge is 2.03. The maximum atomic E-state index is 5.85. The summed E-state index contributed by atoms with van der Waals surface area (Å²) in [5.74, 6) is 0. The summed E-state index contributed by atoms with van der Waals surface area (Å²) in [6.07, 6.45) is 0. The van der Waals surface area contributed by atoms with Crippen LogP contribution < -0.4 is 5.73 Å². The molecule has 0 saturated carbocycles. The van der Waals surface area contributed by atoms with Gasteiger partial charge in [0.15, 0.2) is 0 Å². The third-order valence-corrected chi connectivity index (χ3v) is 3.78. The number of nitrogen functional groups attached to an aromatic ring is 1. The van der Waals surface area contributed by atoms with Crippen molar-refractivity contribution in [2.75, 3.05) is 12.8 Å². The van der Waals surface area contributed by atoms with Crippen molar-refractivity contribution in [1.29, 1.82) is 0 Å². The van der Waals surface area contributed by atoms with E-state index in [1.807, 2.05) is 12.1 Å². The summed E-state index contributed by atoms with van der Waals surface area (Å²) in [7, 11) is 2.11. The van der Waals surface area contributed by atoms with Crippen LogP contribution in [0, 0.1) is 0 Å². The normalized spacial score (nSPS) is 10.9. The summed E-state index contributed by atoms with van der Waals surface area (Å²) in [5, 5.41) is 0. The number of benzene rings is 2. The van der Waals surface area contributed by atoms with E-state index in [0.29, 0.717) is 0 Å². The summed E-state index contributed by atoms with van der Waals surface area (Å²) in [6.45, 7) is 1.79. The van der Waals surface area contributed by atoms with Crippen LogP contribution in [-0.4, -0.2) is 11.9 Å². The SMILES string of the molecule is CN(Cc1ccc(Br)cc1)Cc1cc(N)cc(Br)c1. The fraction of sp³-hybridized carbons (Fsp3) is 0.200. The Morgan fingerprint density at radius 2 is 1.53 bits per heavy atom. The number of hydrogen-bond donors (Lipinski definition) is 1. The summed E-state index contributed by atoms with van der Waals surface area (Å²) in [5.41, 5.74) is 9.16. The van der Waals surface area contributed by atoms with E-state index in [0.717, 1.165) is 27.7 Å². The molecule has 0 atom stereocenters. The second-order valence-electron chi connectivity index (χ2n) is 4.69. The van der Waals surface area contributed by atoms with Gasteiger partial charge in [0.05, 0.1) is 0 Å². The Bertz CT molecular complexity index is 532. The van der Waals surface area contributed by atoms with Gasteiger partial charge >= 0.3 is 0 Å². The molecule has 2 aromatic rings. The van der Waals surface area contributed by atoms with Gasteiger partial charge in [-0.15, -0.1) is 0 Å². The highest BCUT2D eigenvalue weighted by Crippen LogP contribution is 2.19. The van der Waals surface area contributed by atoms with Gasteiger partial charge < -0.3 is 5.73 Å². The Balaban J connectivity index is 2.00. The van der Waals surface area contributed by atoms with Crippen molar-refractivity contribution in [2.24, 2.45) is 0 Å². The molecule has 4 heteroatoms. The monoisotopic (exact) mass is 382 g/mol. The van der Waals surface area contributed by atoms with E-state index in [1.54, 1.807) is 0 Å². The van der Waals surface area contributed by atoms with Crippen LogP contribution in [0.15, 0.2) is 51.4 Å². The average Bonchev–Trinajstić information content (AvgIpc) is 2.30. The van der Waals surface area contributed by atoms with Gasteiger partial charge in [-0.1, -0.05) is 44.0 Å². The molecule has 0 aliphatic rings. The molecule has 0 fully saturated rings. The smallest absolute Gasteiger partial charge is 0.0328 e. The van der Waals surface area contributed by atoms with Crippen molar-refractivity contribution in [3.63, 3.8) is 0 Å². The van der Waals surface area contributed by atoms with E-state index >= 15 is 0 Å². The Hall–Kier alpha value is -0.840. The van der Waals surface area contributed by atoms with Gasteiger partial charge in [-0.05, 0) is 48.5 Å². The van der Waals surface area contributed by atoms with Crippen LogP contribution in [0.4, 0.5) is 5.69 Å².